The van der Waals surface area contributed by atoms with E-state index in [1.54, 1.807) is 25.1 Å². The summed E-state index contributed by atoms with van der Waals surface area (Å²) in [5, 5.41) is 50.2. The lowest BCUT2D eigenvalue weighted by atomic mass is 10.1. The number of ether oxygens (including phenoxy) is 1. The average Bonchev–Trinajstić information content (AvgIpc) is 2.78. The Balaban J connectivity index is 0.000000553. The highest BCUT2D eigenvalue weighted by atomic mass is 35.5. The van der Waals surface area contributed by atoms with Gasteiger partial charge in [0.05, 0.1) is 10.4 Å². The van der Waals surface area contributed by atoms with Crippen molar-refractivity contribution in [3.63, 3.8) is 0 Å². The van der Waals surface area contributed by atoms with Crippen LogP contribution < -0.4 is 11.3 Å². The zero-order chi connectivity index (χ0) is 26.4. The number of halogens is 1. The van der Waals surface area contributed by atoms with Crippen LogP contribution in [0.3, 0.4) is 0 Å². The zero-order valence-corrected chi connectivity index (χ0v) is 20.2. The predicted molar refractivity (Wildman–Crippen MR) is 129 cm³/mol. The molecular formula is C23H29ClN2O8. The van der Waals surface area contributed by atoms with Crippen molar-refractivity contribution in [2.24, 2.45) is 5.73 Å². The van der Waals surface area contributed by atoms with Crippen molar-refractivity contribution >= 4 is 28.8 Å². The highest BCUT2D eigenvalue weighted by molar-refractivity contribution is 6.35. The first kappa shape index (κ1) is 28.4. The molecule has 10 nitrogen and oxygen atoms in total. The van der Waals surface area contributed by atoms with Crippen LogP contribution in [0.25, 0.3) is 16.5 Å². The maximum Gasteiger partial charge on any atom is 0.293 e. The number of phenols is 5. The number of fused-ring (bicyclic) bond motifs is 1. The molecule has 34 heavy (non-hydrogen) atoms. The van der Waals surface area contributed by atoms with Crippen LogP contribution in [0, 0.1) is 0 Å². The number of carbonyl (C=O) groups is 1. The molecule has 0 saturated heterocycles. The number of pyridine rings is 1. The van der Waals surface area contributed by atoms with Crippen molar-refractivity contribution in [3.8, 4) is 34.4 Å². The van der Waals surface area contributed by atoms with Crippen molar-refractivity contribution in [2.45, 2.75) is 39.7 Å². The number of nitrogens with zero attached hydrogens (tertiary/aromatic N) is 1. The number of nitrogens with two attached hydrogens (primary N) is 1. The third kappa shape index (κ3) is 5.83. The van der Waals surface area contributed by atoms with E-state index in [0.29, 0.717) is 24.0 Å². The van der Waals surface area contributed by atoms with Gasteiger partial charge < -0.3 is 36.0 Å². The van der Waals surface area contributed by atoms with Crippen molar-refractivity contribution in [1.82, 2.24) is 4.57 Å². The molecular weight excluding hydrogens is 468 g/mol. The van der Waals surface area contributed by atoms with Gasteiger partial charge in [-0.1, -0.05) is 30.7 Å². The standard InChI is InChI=1S/C17H14ClNO6.C5H10O2.CH5N/c1-2-8-6-7-4-3-5-9(18)10(7)17(25)19(8)11-12(20)14(22)16(24)15(23)13(11)21;1-5(2,3)7-4-6;1-2/h3-6,20-24H,2H2,1H3;4H,1-3H3;2H2,1H3. The van der Waals surface area contributed by atoms with Crippen LogP contribution in [0.4, 0.5) is 0 Å². The van der Waals surface area contributed by atoms with Crippen LogP contribution in [0.5, 0.6) is 28.7 Å². The first-order valence-electron chi connectivity index (χ1n) is 10.1. The first-order valence-corrected chi connectivity index (χ1v) is 10.4. The predicted octanol–water partition coefficient (Wildman–Crippen LogP) is 3.27. The van der Waals surface area contributed by atoms with Gasteiger partial charge in [-0.15, -0.1) is 0 Å². The van der Waals surface area contributed by atoms with E-state index in [1.807, 2.05) is 20.8 Å². The summed E-state index contributed by atoms with van der Waals surface area (Å²) in [5.74, 6) is -5.10. The normalized spacial score (nSPS) is 10.6. The van der Waals surface area contributed by atoms with Crippen LogP contribution in [-0.2, 0) is 16.0 Å². The number of rotatable bonds is 3. The lowest BCUT2D eigenvalue weighted by Crippen LogP contribution is -2.22. The van der Waals surface area contributed by atoms with Gasteiger partial charge in [-0.3, -0.25) is 14.2 Å². The minimum absolute atomic E-state index is 0.146. The second-order valence-corrected chi connectivity index (χ2v) is 8.16. The highest BCUT2D eigenvalue weighted by Gasteiger charge is 2.27. The molecule has 3 aromatic rings. The molecule has 0 saturated carbocycles. The summed E-state index contributed by atoms with van der Waals surface area (Å²) in [5.41, 5.74) is 3.36. The number of aromatic hydroxyl groups is 5. The van der Waals surface area contributed by atoms with E-state index < -0.39 is 40.0 Å². The molecule has 0 fully saturated rings. The molecule has 0 aliphatic rings. The first-order chi connectivity index (χ1) is 15.9. The van der Waals surface area contributed by atoms with Crippen molar-refractivity contribution in [1.29, 1.82) is 0 Å². The Kier molecular flexibility index (Phi) is 9.59. The van der Waals surface area contributed by atoms with E-state index in [0.717, 1.165) is 4.57 Å². The molecule has 0 radical (unpaired) electrons. The Hall–Kier alpha value is -3.63. The number of phenolic OH excluding ortho intramolecular Hbond substituents is 5. The second kappa shape index (κ2) is 11.5. The fourth-order valence-electron chi connectivity index (χ4n) is 2.91. The summed E-state index contributed by atoms with van der Waals surface area (Å²) in [6.45, 7) is 7.67. The van der Waals surface area contributed by atoms with Crippen LogP contribution in [0.15, 0.2) is 29.1 Å². The van der Waals surface area contributed by atoms with Gasteiger partial charge in [0.15, 0.2) is 11.5 Å². The molecule has 0 aliphatic carbocycles. The van der Waals surface area contributed by atoms with E-state index in [-0.39, 0.29) is 16.0 Å². The number of aryl methyl sites for hydroxylation is 1. The second-order valence-electron chi connectivity index (χ2n) is 7.75. The number of hydrogen-bond acceptors (Lipinski definition) is 9. The molecule has 7 N–H and O–H groups in total. The minimum atomic E-state index is -1.09. The molecule has 2 aromatic carbocycles. The number of carbonyl (C=O) groups excluding carboxylic acids is 1. The summed E-state index contributed by atoms with van der Waals surface area (Å²) in [6, 6.07) is 6.54. The van der Waals surface area contributed by atoms with Gasteiger partial charge in [0, 0.05) is 5.69 Å². The lowest BCUT2D eigenvalue weighted by molar-refractivity contribution is -0.138. The van der Waals surface area contributed by atoms with Gasteiger partial charge in [-0.25, -0.2) is 0 Å². The van der Waals surface area contributed by atoms with Gasteiger partial charge in [-0.05, 0) is 51.8 Å². The topological polar surface area (TPSA) is 175 Å². The third-order valence-corrected chi connectivity index (χ3v) is 4.72. The molecule has 0 amide bonds. The Labute approximate surface area is 201 Å². The molecule has 0 atom stereocenters. The monoisotopic (exact) mass is 496 g/mol. The molecule has 0 unspecified atom stereocenters. The van der Waals surface area contributed by atoms with Gasteiger partial charge in [0.25, 0.3) is 12.0 Å². The molecule has 1 aromatic heterocycles. The molecule has 0 aliphatic heterocycles. The van der Waals surface area contributed by atoms with Gasteiger partial charge in [0.2, 0.25) is 17.2 Å². The fraction of sp³-hybridized carbons (Fsp3) is 0.304. The van der Waals surface area contributed by atoms with Crippen LogP contribution in [0.2, 0.25) is 5.02 Å². The smallest absolute Gasteiger partial charge is 0.293 e. The summed E-state index contributed by atoms with van der Waals surface area (Å²) in [4.78, 5) is 22.6. The average molecular weight is 497 g/mol. The van der Waals surface area contributed by atoms with Crippen molar-refractivity contribution in [3.05, 3.63) is 45.3 Å². The van der Waals surface area contributed by atoms with Crippen LogP contribution >= 0.6 is 11.6 Å². The van der Waals surface area contributed by atoms with E-state index in [1.165, 1.54) is 13.1 Å². The molecule has 186 valence electrons. The Bertz CT molecular complexity index is 1200. The Morgan fingerprint density at radius 2 is 1.50 bits per heavy atom. The number of aromatic nitrogens is 1. The number of hydrogen-bond donors (Lipinski definition) is 6. The third-order valence-electron chi connectivity index (χ3n) is 4.41. The minimum Gasteiger partial charge on any atom is -0.503 e. The zero-order valence-electron chi connectivity index (χ0n) is 19.5. The molecule has 3 rings (SSSR count). The maximum absolute atomic E-state index is 13.0. The fourth-order valence-corrected chi connectivity index (χ4v) is 3.17. The Morgan fingerprint density at radius 3 is 1.91 bits per heavy atom. The molecule has 0 bridgehead atoms. The largest absolute Gasteiger partial charge is 0.503 e. The molecule has 1 heterocycles. The van der Waals surface area contributed by atoms with E-state index in [9.17, 15) is 35.1 Å². The molecule has 11 heteroatoms. The van der Waals surface area contributed by atoms with E-state index in [4.69, 9.17) is 11.6 Å². The summed E-state index contributed by atoms with van der Waals surface area (Å²) >= 11 is 6.11. The van der Waals surface area contributed by atoms with Gasteiger partial charge >= 0.3 is 0 Å². The SMILES string of the molecule is CC(C)(C)OC=O.CCc1cc2cccc(Cl)c2c(=O)n1-c1c(O)c(O)c(O)c(O)c1O.CN. The van der Waals surface area contributed by atoms with Gasteiger partial charge in [0.1, 0.15) is 11.3 Å². The van der Waals surface area contributed by atoms with E-state index in [2.05, 4.69) is 10.5 Å². The van der Waals surface area contributed by atoms with E-state index >= 15 is 0 Å². The summed E-state index contributed by atoms with van der Waals surface area (Å²) in [6.07, 6.45) is 0.332. The van der Waals surface area contributed by atoms with Gasteiger partial charge in [-0.2, -0.15) is 0 Å². The maximum atomic E-state index is 13.0. The van der Waals surface area contributed by atoms with Crippen molar-refractivity contribution in [2.75, 3.05) is 7.05 Å². The van der Waals surface area contributed by atoms with Crippen LogP contribution in [0.1, 0.15) is 33.4 Å². The lowest BCUT2D eigenvalue weighted by Gasteiger charge is -2.18. The van der Waals surface area contributed by atoms with Crippen molar-refractivity contribution < 1.29 is 35.1 Å². The molecule has 0 spiro atoms. The highest BCUT2D eigenvalue weighted by Crippen LogP contribution is 2.52. The Morgan fingerprint density at radius 1 is 1.00 bits per heavy atom. The quantitative estimate of drug-likeness (QED) is 0.180. The number of benzene rings is 2. The summed E-state index contributed by atoms with van der Waals surface area (Å²) in [7, 11) is 1.50. The summed E-state index contributed by atoms with van der Waals surface area (Å²) < 4.78 is 5.49. The van der Waals surface area contributed by atoms with Crippen LogP contribution in [-0.4, -0.2) is 49.2 Å².